The second-order valence-electron chi connectivity index (χ2n) is 4.24. The minimum atomic E-state index is -0.374. The maximum Gasteiger partial charge on any atom is 0.0700 e. The number of nitrogens with two attached hydrogens (primary N) is 1. The standard InChI is InChI=1S/C11H25NO3/c1-10(13)11(2,9-12)5-4-6-15-8-7-14-3/h10,13H,4-9,12H2,1-3H3. The van der Waals surface area contributed by atoms with Crippen LogP contribution in [0.25, 0.3) is 0 Å². The largest absolute Gasteiger partial charge is 0.393 e. The van der Waals surface area contributed by atoms with Gasteiger partial charge in [0.1, 0.15) is 0 Å². The molecule has 4 nitrogen and oxygen atoms in total. The minimum absolute atomic E-state index is 0.190. The fraction of sp³-hybridized carbons (Fsp3) is 1.00. The number of methoxy groups -OCH3 is 1. The van der Waals surface area contributed by atoms with Gasteiger partial charge in [0.25, 0.3) is 0 Å². The number of hydrogen-bond acceptors (Lipinski definition) is 4. The maximum atomic E-state index is 9.57. The van der Waals surface area contributed by atoms with Gasteiger partial charge >= 0.3 is 0 Å². The monoisotopic (exact) mass is 219 g/mol. The molecule has 0 aromatic rings. The van der Waals surface area contributed by atoms with E-state index in [4.69, 9.17) is 15.2 Å². The molecule has 92 valence electrons. The molecule has 2 atom stereocenters. The summed E-state index contributed by atoms with van der Waals surface area (Å²) in [4.78, 5) is 0. The molecule has 0 fully saturated rings. The van der Waals surface area contributed by atoms with Crippen LogP contribution in [0.15, 0.2) is 0 Å². The molecule has 0 heterocycles. The molecule has 0 aliphatic heterocycles. The van der Waals surface area contributed by atoms with Crippen LogP contribution in [-0.2, 0) is 9.47 Å². The van der Waals surface area contributed by atoms with Crippen LogP contribution < -0.4 is 5.73 Å². The topological polar surface area (TPSA) is 64.7 Å². The van der Waals surface area contributed by atoms with Crippen LogP contribution in [0, 0.1) is 5.41 Å². The molecule has 0 aliphatic carbocycles. The van der Waals surface area contributed by atoms with Crippen molar-refractivity contribution in [3.05, 3.63) is 0 Å². The van der Waals surface area contributed by atoms with Crippen LogP contribution in [-0.4, -0.2) is 44.7 Å². The van der Waals surface area contributed by atoms with E-state index in [0.29, 0.717) is 26.4 Å². The van der Waals surface area contributed by atoms with E-state index in [1.165, 1.54) is 0 Å². The van der Waals surface area contributed by atoms with Gasteiger partial charge in [0.2, 0.25) is 0 Å². The Morgan fingerprint density at radius 3 is 2.47 bits per heavy atom. The molecular formula is C11H25NO3. The van der Waals surface area contributed by atoms with Crippen LogP contribution >= 0.6 is 0 Å². The van der Waals surface area contributed by atoms with E-state index in [-0.39, 0.29) is 11.5 Å². The van der Waals surface area contributed by atoms with Gasteiger partial charge in [-0.3, -0.25) is 0 Å². The second kappa shape index (κ2) is 8.05. The Hall–Kier alpha value is -0.160. The Bertz CT molecular complexity index is 153. The van der Waals surface area contributed by atoms with Crippen molar-refractivity contribution in [3.8, 4) is 0 Å². The van der Waals surface area contributed by atoms with E-state index in [0.717, 1.165) is 12.8 Å². The average molecular weight is 219 g/mol. The van der Waals surface area contributed by atoms with Gasteiger partial charge in [0.15, 0.2) is 0 Å². The quantitative estimate of drug-likeness (QED) is 0.562. The molecular weight excluding hydrogens is 194 g/mol. The number of hydrogen-bond donors (Lipinski definition) is 2. The van der Waals surface area contributed by atoms with Crippen molar-refractivity contribution >= 4 is 0 Å². The van der Waals surface area contributed by atoms with Crippen molar-refractivity contribution in [2.75, 3.05) is 33.5 Å². The first-order chi connectivity index (χ1) is 7.06. The summed E-state index contributed by atoms with van der Waals surface area (Å²) in [5.74, 6) is 0. The first-order valence-electron chi connectivity index (χ1n) is 5.51. The predicted molar refractivity (Wildman–Crippen MR) is 60.8 cm³/mol. The maximum absolute atomic E-state index is 9.57. The van der Waals surface area contributed by atoms with Crippen molar-refractivity contribution in [1.29, 1.82) is 0 Å². The van der Waals surface area contributed by atoms with Crippen molar-refractivity contribution < 1.29 is 14.6 Å². The van der Waals surface area contributed by atoms with Crippen LogP contribution in [0.4, 0.5) is 0 Å². The molecule has 0 aliphatic rings. The molecule has 15 heavy (non-hydrogen) atoms. The predicted octanol–water partition coefficient (Wildman–Crippen LogP) is 0.775. The normalized spacial score (nSPS) is 17.4. The summed E-state index contributed by atoms with van der Waals surface area (Å²) >= 11 is 0. The Kier molecular flexibility index (Phi) is 7.96. The number of ether oxygens (including phenoxy) is 2. The Morgan fingerprint density at radius 1 is 1.33 bits per heavy atom. The molecule has 0 amide bonds. The summed E-state index contributed by atoms with van der Waals surface area (Å²) in [6.07, 6.45) is 1.43. The third kappa shape index (κ3) is 6.10. The highest BCUT2D eigenvalue weighted by atomic mass is 16.5. The third-order valence-electron chi connectivity index (χ3n) is 2.94. The molecule has 0 saturated carbocycles. The van der Waals surface area contributed by atoms with E-state index in [1.54, 1.807) is 14.0 Å². The summed E-state index contributed by atoms with van der Waals surface area (Å²) in [6, 6.07) is 0. The Labute approximate surface area is 92.7 Å². The lowest BCUT2D eigenvalue weighted by Gasteiger charge is -2.31. The fourth-order valence-corrected chi connectivity index (χ4v) is 1.30. The lowest BCUT2D eigenvalue weighted by Crippen LogP contribution is -2.37. The van der Waals surface area contributed by atoms with E-state index in [9.17, 15) is 5.11 Å². The van der Waals surface area contributed by atoms with Crippen LogP contribution in [0.3, 0.4) is 0 Å². The van der Waals surface area contributed by atoms with Gasteiger partial charge in [0.05, 0.1) is 19.3 Å². The molecule has 0 rings (SSSR count). The molecule has 0 radical (unpaired) electrons. The first kappa shape index (κ1) is 14.8. The SMILES string of the molecule is COCCOCCCC(C)(CN)C(C)O. The van der Waals surface area contributed by atoms with Gasteiger partial charge in [0, 0.05) is 25.7 Å². The van der Waals surface area contributed by atoms with Crippen LogP contribution in [0.1, 0.15) is 26.7 Å². The Balaban J connectivity index is 3.55. The van der Waals surface area contributed by atoms with E-state index in [2.05, 4.69) is 0 Å². The molecule has 0 bridgehead atoms. The minimum Gasteiger partial charge on any atom is -0.393 e. The zero-order chi connectivity index (χ0) is 11.7. The van der Waals surface area contributed by atoms with E-state index < -0.39 is 0 Å². The highest BCUT2D eigenvalue weighted by Gasteiger charge is 2.27. The molecule has 0 saturated heterocycles. The number of aliphatic hydroxyl groups is 1. The van der Waals surface area contributed by atoms with Crippen molar-refractivity contribution in [3.63, 3.8) is 0 Å². The lowest BCUT2D eigenvalue weighted by molar-refractivity contribution is 0.0327. The number of rotatable bonds is 9. The van der Waals surface area contributed by atoms with E-state index >= 15 is 0 Å². The second-order valence-corrected chi connectivity index (χ2v) is 4.24. The average Bonchev–Trinajstić information content (AvgIpc) is 2.22. The molecule has 3 N–H and O–H groups in total. The van der Waals surface area contributed by atoms with Gasteiger partial charge in [-0.1, -0.05) is 6.92 Å². The summed E-state index contributed by atoms with van der Waals surface area (Å²) in [5, 5.41) is 9.57. The van der Waals surface area contributed by atoms with Crippen molar-refractivity contribution in [1.82, 2.24) is 0 Å². The van der Waals surface area contributed by atoms with Crippen molar-refractivity contribution in [2.24, 2.45) is 11.1 Å². The Morgan fingerprint density at radius 2 is 2.00 bits per heavy atom. The zero-order valence-electron chi connectivity index (χ0n) is 10.2. The lowest BCUT2D eigenvalue weighted by atomic mass is 9.81. The third-order valence-corrected chi connectivity index (χ3v) is 2.94. The van der Waals surface area contributed by atoms with Crippen LogP contribution in [0.2, 0.25) is 0 Å². The molecule has 0 aromatic carbocycles. The molecule has 0 aromatic heterocycles. The molecule has 0 spiro atoms. The van der Waals surface area contributed by atoms with E-state index in [1.807, 2.05) is 6.92 Å². The summed E-state index contributed by atoms with van der Waals surface area (Å²) < 4.78 is 10.2. The summed E-state index contributed by atoms with van der Waals surface area (Å²) in [5.41, 5.74) is 5.46. The van der Waals surface area contributed by atoms with Gasteiger partial charge in [-0.25, -0.2) is 0 Å². The van der Waals surface area contributed by atoms with Gasteiger partial charge in [-0.05, 0) is 19.8 Å². The van der Waals surface area contributed by atoms with Gasteiger partial charge < -0.3 is 20.3 Å². The molecule has 4 heteroatoms. The highest BCUT2D eigenvalue weighted by Crippen LogP contribution is 2.26. The summed E-state index contributed by atoms with van der Waals surface area (Å²) in [6.45, 7) is 6.26. The fourth-order valence-electron chi connectivity index (χ4n) is 1.30. The van der Waals surface area contributed by atoms with Gasteiger partial charge in [-0.15, -0.1) is 0 Å². The highest BCUT2D eigenvalue weighted by molar-refractivity contribution is 4.80. The molecule has 2 unspecified atom stereocenters. The van der Waals surface area contributed by atoms with Gasteiger partial charge in [-0.2, -0.15) is 0 Å². The number of aliphatic hydroxyl groups excluding tert-OH is 1. The smallest absolute Gasteiger partial charge is 0.0700 e. The first-order valence-corrected chi connectivity index (χ1v) is 5.51. The summed E-state index contributed by atoms with van der Waals surface area (Å²) in [7, 11) is 1.66. The van der Waals surface area contributed by atoms with Crippen molar-refractivity contribution in [2.45, 2.75) is 32.8 Å². The van der Waals surface area contributed by atoms with Crippen LogP contribution in [0.5, 0.6) is 0 Å². The zero-order valence-corrected chi connectivity index (χ0v) is 10.2.